The lowest BCUT2D eigenvalue weighted by atomic mass is 9.96. The largest absolute Gasteiger partial charge is 0.490 e. The molecule has 0 bridgehead atoms. The number of hydrogen-bond acceptors (Lipinski definition) is 10. The van der Waals surface area contributed by atoms with E-state index in [2.05, 4.69) is 23.2 Å². The maximum atomic E-state index is 11.9. The number of phosphoric ester groups is 1. The van der Waals surface area contributed by atoms with Gasteiger partial charge in [0.05, 0.1) is 24.3 Å². The lowest BCUT2D eigenvalue weighted by Gasteiger charge is -2.24. The highest BCUT2D eigenvalue weighted by atomic mass is 31.3. The third-order valence-corrected chi connectivity index (χ3v) is 7.79. The molecule has 1 aromatic carbocycles. The van der Waals surface area contributed by atoms with Gasteiger partial charge in [-0.15, -0.1) is 0 Å². The molecule has 0 saturated carbocycles. The minimum Gasteiger partial charge on any atom is -0.379 e. The maximum absolute atomic E-state index is 11.9. The van der Waals surface area contributed by atoms with Crippen molar-refractivity contribution in [2.24, 2.45) is 5.11 Å². The van der Waals surface area contributed by atoms with E-state index < -0.39 is 54.5 Å². The fraction of sp³-hybridized carbons (Fsp3) is 0.462. The summed E-state index contributed by atoms with van der Waals surface area (Å²) in [5.41, 5.74) is 9.64. The van der Waals surface area contributed by atoms with Crippen LogP contribution in [0.15, 0.2) is 29.4 Å². The first-order chi connectivity index (χ1) is 15.2. The van der Waals surface area contributed by atoms with Crippen LogP contribution in [0.3, 0.4) is 0 Å². The maximum Gasteiger partial charge on any atom is 0.490 e. The zero-order chi connectivity index (χ0) is 24.9. The Morgan fingerprint density at radius 3 is 2.39 bits per heavy atom. The number of nitriles is 1. The summed E-state index contributed by atoms with van der Waals surface area (Å²) >= 11 is 0. The quantitative estimate of drug-likeness (QED) is 0.105. The predicted molar refractivity (Wildman–Crippen MR) is 110 cm³/mol. The summed E-state index contributed by atoms with van der Waals surface area (Å²) in [4.78, 5) is 38.6. The number of phosphoric acid groups is 3. The van der Waals surface area contributed by atoms with E-state index in [4.69, 9.17) is 30.1 Å². The average Bonchev–Trinajstić information content (AvgIpc) is 3.02. The first kappa shape index (κ1) is 27.7. The monoisotopic (exact) mass is 526 g/mol. The van der Waals surface area contributed by atoms with Crippen molar-refractivity contribution < 1.29 is 55.9 Å². The van der Waals surface area contributed by atoms with E-state index in [1.165, 1.54) is 24.3 Å². The standard InChI is InChI=1S/C13H18BN4O12P3/c14-12-5-10(28-13(17-18-16)9-3-1-8(6-15)2-4-9)11(27-12)7-26-32(22,23)30-33(24,25)29-31(19,20)21/h1-4,10-13H,5,7,14H2,(H,22,23)(H,24,25)(H2,19,20,21). The second kappa shape index (κ2) is 11.2. The first-order valence-electron chi connectivity index (χ1n) is 8.87. The minimum absolute atomic E-state index is 0.248. The van der Waals surface area contributed by atoms with Gasteiger partial charge in [0.2, 0.25) is 0 Å². The average molecular weight is 526 g/mol. The Labute approximate surface area is 187 Å². The van der Waals surface area contributed by atoms with Gasteiger partial charge in [0.1, 0.15) is 14.0 Å². The molecular weight excluding hydrogens is 508 g/mol. The van der Waals surface area contributed by atoms with Crippen LogP contribution in [-0.2, 0) is 36.3 Å². The van der Waals surface area contributed by atoms with E-state index in [1.807, 2.05) is 6.07 Å². The normalized spacial score (nSPS) is 25.2. The smallest absolute Gasteiger partial charge is 0.379 e. The van der Waals surface area contributed by atoms with Crippen LogP contribution in [0.1, 0.15) is 23.8 Å². The SMILES string of the molecule is BC1CC(OC(N=[N+]=[N-])c2ccc(C#N)cc2)C(COP(=O)(O)OP(=O)(O)OP(=O)(O)O)O1. The Balaban J connectivity index is 2.07. The van der Waals surface area contributed by atoms with Gasteiger partial charge in [0, 0.05) is 10.9 Å². The predicted octanol–water partition coefficient (Wildman–Crippen LogP) is 1.34. The van der Waals surface area contributed by atoms with Gasteiger partial charge >= 0.3 is 23.5 Å². The molecule has 1 aromatic rings. The van der Waals surface area contributed by atoms with Crippen LogP contribution in [0.25, 0.3) is 10.4 Å². The van der Waals surface area contributed by atoms with Gasteiger partial charge in [0.25, 0.3) is 0 Å². The zero-order valence-electron chi connectivity index (χ0n) is 16.7. The molecule has 33 heavy (non-hydrogen) atoms. The molecule has 6 unspecified atom stereocenters. The molecule has 1 aliphatic heterocycles. The summed E-state index contributed by atoms with van der Waals surface area (Å²) in [7, 11) is -14.9. The summed E-state index contributed by atoms with van der Waals surface area (Å²) in [5.74, 6) is 0. The van der Waals surface area contributed by atoms with E-state index in [-0.39, 0.29) is 6.42 Å². The van der Waals surface area contributed by atoms with Crippen LogP contribution in [0.2, 0.25) is 0 Å². The highest BCUT2D eigenvalue weighted by Crippen LogP contribution is 2.66. The zero-order valence-corrected chi connectivity index (χ0v) is 19.4. The third-order valence-electron chi connectivity index (χ3n) is 3.99. The van der Waals surface area contributed by atoms with Gasteiger partial charge in [-0.2, -0.15) is 13.9 Å². The molecule has 1 fully saturated rings. The number of hydrogen-bond donors (Lipinski definition) is 4. The summed E-state index contributed by atoms with van der Waals surface area (Å²) in [5, 5.41) is 12.4. The summed E-state index contributed by atoms with van der Waals surface area (Å²) < 4.78 is 57.2. The molecule has 16 nitrogen and oxygen atoms in total. The van der Waals surface area contributed by atoms with Gasteiger partial charge < -0.3 is 29.0 Å². The Hall–Kier alpha value is -1.59. The van der Waals surface area contributed by atoms with Crippen LogP contribution in [0.5, 0.6) is 0 Å². The molecule has 20 heteroatoms. The van der Waals surface area contributed by atoms with Crippen LogP contribution < -0.4 is 0 Å². The van der Waals surface area contributed by atoms with E-state index >= 15 is 0 Å². The van der Waals surface area contributed by atoms with Gasteiger partial charge in [-0.3, -0.25) is 4.52 Å². The Kier molecular flexibility index (Phi) is 9.41. The molecule has 180 valence electrons. The topological polar surface area (TPSA) is 251 Å². The van der Waals surface area contributed by atoms with Crippen molar-refractivity contribution >= 4 is 31.3 Å². The number of benzene rings is 1. The summed E-state index contributed by atoms with van der Waals surface area (Å²) in [6.45, 7) is -0.713. The minimum atomic E-state index is -5.65. The summed E-state index contributed by atoms with van der Waals surface area (Å²) in [6, 6.07) is 7.51. The molecule has 0 spiro atoms. The third kappa shape index (κ3) is 9.29. The van der Waals surface area contributed by atoms with Crippen molar-refractivity contribution in [1.29, 1.82) is 5.26 Å². The van der Waals surface area contributed by atoms with E-state index in [9.17, 15) is 23.5 Å². The Morgan fingerprint density at radius 1 is 1.21 bits per heavy atom. The van der Waals surface area contributed by atoms with E-state index in [0.717, 1.165) is 0 Å². The van der Waals surface area contributed by atoms with Gasteiger partial charge in [0.15, 0.2) is 6.23 Å². The van der Waals surface area contributed by atoms with Crippen molar-refractivity contribution in [2.75, 3.05) is 6.61 Å². The highest BCUT2D eigenvalue weighted by molar-refractivity contribution is 7.66. The number of rotatable bonds is 11. The highest BCUT2D eigenvalue weighted by Gasteiger charge is 2.43. The Bertz CT molecular complexity index is 1070. The Morgan fingerprint density at radius 2 is 1.85 bits per heavy atom. The molecule has 0 amide bonds. The fourth-order valence-electron chi connectivity index (χ4n) is 2.79. The van der Waals surface area contributed by atoms with Crippen LogP contribution >= 0.6 is 23.5 Å². The summed E-state index contributed by atoms with van der Waals surface area (Å²) in [6.07, 6.45) is -2.76. The van der Waals surface area contributed by atoms with E-state index in [1.54, 1.807) is 7.85 Å². The van der Waals surface area contributed by atoms with Gasteiger partial charge in [-0.1, -0.05) is 17.2 Å². The van der Waals surface area contributed by atoms with Crippen molar-refractivity contribution in [3.05, 3.63) is 45.8 Å². The lowest BCUT2D eigenvalue weighted by Crippen LogP contribution is -2.30. The van der Waals surface area contributed by atoms with Crippen LogP contribution in [-0.4, -0.2) is 52.2 Å². The van der Waals surface area contributed by atoms with Crippen LogP contribution in [0, 0.1) is 11.3 Å². The van der Waals surface area contributed by atoms with Crippen molar-refractivity contribution in [3.8, 4) is 6.07 Å². The molecule has 0 aliphatic carbocycles. The molecule has 0 radical (unpaired) electrons. The lowest BCUT2D eigenvalue weighted by molar-refractivity contribution is -0.0670. The van der Waals surface area contributed by atoms with E-state index in [0.29, 0.717) is 11.1 Å². The molecule has 1 saturated heterocycles. The second-order valence-electron chi connectivity index (χ2n) is 6.57. The number of ether oxygens (including phenoxy) is 2. The van der Waals surface area contributed by atoms with Gasteiger partial charge in [-0.05, 0) is 29.6 Å². The molecule has 0 aromatic heterocycles. The van der Waals surface area contributed by atoms with Crippen LogP contribution in [0.4, 0.5) is 0 Å². The first-order valence-corrected chi connectivity index (χ1v) is 13.4. The van der Waals surface area contributed by atoms with Crippen molar-refractivity contribution in [2.45, 2.75) is 30.9 Å². The molecule has 1 heterocycles. The second-order valence-corrected chi connectivity index (χ2v) is 11.0. The van der Waals surface area contributed by atoms with Gasteiger partial charge in [-0.25, -0.2) is 13.7 Å². The molecule has 2 rings (SSSR count). The number of nitrogens with zero attached hydrogens (tertiary/aromatic N) is 4. The molecular formula is C13H18BN4O12P3. The van der Waals surface area contributed by atoms with Crippen molar-refractivity contribution in [3.63, 3.8) is 0 Å². The molecule has 4 N–H and O–H groups in total. The molecule has 1 aliphatic rings. The molecule has 6 atom stereocenters. The fourth-order valence-corrected chi connectivity index (χ4v) is 5.82. The number of azide groups is 1. The van der Waals surface area contributed by atoms with Crippen molar-refractivity contribution in [1.82, 2.24) is 0 Å².